The third-order valence-corrected chi connectivity index (χ3v) is 2.69. The molecule has 0 saturated carbocycles. The zero-order valence-corrected chi connectivity index (χ0v) is 11.5. The first kappa shape index (κ1) is 14.6. The van der Waals surface area contributed by atoms with E-state index in [0.717, 1.165) is 11.7 Å². The minimum absolute atomic E-state index is 0.0618. The fourth-order valence-corrected chi connectivity index (χ4v) is 2.06. The van der Waals surface area contributed by atoms with Crippen LogP contribution in [0.5, 0.6) is 0 Å². The standard InChI is InChI=1S/C11H17N3O3S/c1-11(2,3)5-7(4-9(15)16)13-10(17)8-6-12-18-14-8/h6-7H,4-5H2,1-3H3,(H,13,17)(H,15,16). The van der Waals surface area contributed by atoms with Crippen LogP contribution in [0, 0.1) is 5.41 Å². The van der Waals surface area contributed by atoms with Crippen molar-refractivity contribution in [3.05, 3.63) is 11.9 Å². The molecular weight excluding hydrogens is 254 g/mol. The maximum atomic E-state index is 11.8. The molecule has 18 heavy (non-hydrogen) atoms. The highest BCUT2D eigenvalue weighted by Crippen LogP contribution is 2.22. The molecule has 1 heterocycles. The molecule has 0 saturated heterocycles. The van der Waals surface area contributed by atoms with Crippen molar-refractivity contribution < 1.29 is 14.7 Å². The second-order valence-corrected chi connectivity index (χ2v) is 5.88. The number of amides is 1. The molecule has 6 nitrogen and oxygen atoms in total. The maximum Gasteiger partial charge on any atom is 0.305 e. The van der Waals surface area contributed by atoms with Crippen LogP contribution in [0.3, 0.4) is 0 Å². The maximum absolute atomic E-state index is 11.8. The first-order chi connectivity index (χ1) is 8.28. The average Bonchev–Trinajstić information content (AvgIpc) is 2.65. The summed E-state index contributed by atoms with van der Waals surface area (Å²) in [5.74, 6) is -1.31. The van der Waals surface area contributed by atoms with Crippen molar-refractivity contribution in [1.29, 1.82) is 0 Å². The van der Waals surface area contributed by atoms with Gasteiger partial charge in [0.2, 0.25) is 0 Å². The molecule has 1 atom stereocenters. The molecule has 1 amide bonds. The molecule has 7 heteroatoms. The fraction of sp³-hybridized carbons (Fsp3) is 0.636. The fourth-order valence-electron chi connectivity index (χ4n) is 1.65. The molecule has 0 bridgehead atoms. The minimum Gasteiger partial charge on any atom is -0.481 e. The van der Waals surface area contributed by atoms with Crippen molar-refractivity contribution in [2.75, 3.05) is 0 Å². The number of carbonyl (C=O) groups excluding carboxylic acids is 1. The molecule has 1 aromatic rings. The van der Waals surface area contributed by atoms with E-state index in [2.05, 4.69) is 14.1 Å². The highest BCUT2D eigenvalue weighted by Gasteiger charge is 2.23. The third kappa shape index (κ3) is 5.22. The average molecular weight is 271 g/mol. The minimum atomic E-state index is -0.930. The quantitative estimate of drug-likeness (QED) is 0.847. The van der Waals surface area contributed by atoms with Gasteiger partial charge in [0.25, 0.3) is 5.91 Å². The van der Waals surface area contributed by atoms with E-state index >= 15 is 0 Å². The van der Waals surface area contributed by atoms with Gasteiger partial charge < -0.3 is 10.4 Å². The summed E-state index contributed by atoms with van der Waals surface area (Å²) in [5.41, 5.74) is 0.164. The molecule has 0 aliphatic carbocycles. The van der Waals surface area contributed by atoms with Crippen molar-refractivity contribution in [2.24, 2.45) is 5.41 Å². The monoisotopic (exact) mass is 271 g/mol. The number of carboxylic acids is 1. The van der Waals surface area contributed by atoms with Crippen LogP contribution in [0.2, 0.25) is 0 Å². The van der Waals surface area contributed by atoms with Crippen LogP contribution in [-0.2, 0) is 4.79 Å². The van der Waals surface area contributed by atoms with E-state index in [1.165, 1.54) is 6.20 Å². The third-order valence-electron chi connectivity index (χ3n) is 2.21. The summed E-state index contributed by atoms with van der Waals surface area (Å²) >= 11 is 0.945. The summed E-state index contributed by atoms with van der Waals surface area (Å²) in [5, 5.41) is 11.5. The van der Waals surface area contributed by atoms with Crippen LogP contribution in [0.4, 0.5) is 0 Å². The topological polar surface area (TPSA) is 92.2 Å². The van der Waals surface area contributed by atoms with Gasteiger partial charge in [0.05, 0.1) is 24.3 Å². The van der Waals surface area contributed by atoms with Gasteiger partial charge in [-0.15, -0.1) is 0 Å². The zero-order chi connectivity index (χ0) is 13.8. The van der Waals surface area contributed by atoms with Crippen LogP contribution >= 0.6 is 11.7 Å². The molecular formula is C11H17N3O3S. The molecule has 0 aliphatic heterocycles. The van der Waals surface area contributed by atoms with E-state index in [9.17, 15) is 9.59 Å². The Morgan fingerprint density at radius 3 is 2.61 bits per heavy atom. The lowest BCUT2D eigenvalue weighted by Gasteiger charge is -2.25. The number of rotatable bonds is 5. The lowest BCUT2D eigenvalue weighted by atomic mass is 9.87. The molecule has 1 rings (SSSR count). The lowest BCUT2D eigenvalue weighted by molar-refractivity contribution is -0.137. The van der Waals surface area contributed by atoms with E-state index in [0.29, 0.717) is 6.42 Å². The van der Waals surface area contributed by atoms with Crippen molar-refractivity contribution in [3.8, 4) is 0 Å². The van der Waals surface area contributed by atoms with Crippen LogP contribution in [0.25, 0.3) is 0 Å². The molecule has 1 aromatic heterocycles. The summed E-state index contributed by atoms with van der Waals surface area (Å²) in [6, 6.07) is -0.406. The zero-order valence-electron chi connectivity index (χ0n) is 10.6. The Balaban J connectivity index is 2.66. The van der Waals surface area contributed by atoms with E-state index < -0.39 is 12.0 Å². The number of carboxylic acid groups (broad SMARTS) is 1. The Bertz CT molecular complexity index is 412. The van der Waals surface area contributed by atoms with Crippen molar-refractivity contribution >= 4 is 23.6 Å². The molecule has 0 aliphatic rings. The van der Waals surface area contributed by atoms with Crippen molar-refractivity contribution in [3.63, 3.8) is 0 Å². The largest absolute Gasteiger partial charge is 0.481 e. The van der Waals surface area contributed by atoms with Crippen molar-refractivity contribution in [2.45, 2.75) is 39.7 Å². The van der Waals surface area contributed by atoms with Gasteiger partial charge in [-0.25, -0.2) is 0 Å². The number of hydrogen-bond acceptors (Lipinski definition) is 5. The Kier molecular flexibility index (Phi) is 4.77. The molecule has 1 unspecified atom stereocenters. The van der Waals surface area contributed by atoms with E-state index in [1.807, 2.05) is 20.8 Å². The number of carbonyl (C=O) groups is 2. The number of aliphatic carboxylic acids is 1. The van der Waals surface area contributed by atoms with Crippen LogP contribution in [-0.4, -0.2) is 31.8 Å². The predicted octanol–water partition coefficient (Wildman–Crippen LogP) is 1.55. The van der Waals surface area contributed by atoms with Crippen molar-refractivity contribution in [1.82, 2.24) is 14.1 Å². The molecule has 0 aromatic carbocycles. The summed E-state index contributed by atoms with van der Waals surface area (Å²) in [6.45, 7) is 6.00. The Hall–Kier alpha value is -1.50. The molecule has 100 valence electrons. The van der Waals surface area contributed by atoms with Crippen LogP contribution < -0.4 is 5.32 Å². The van der Waals surface area contributed by atoms with Gasteiger partial charge in [-0.05, 0) is 11.8 Å². The highest BCUT2D eigenvalue weighted by atomic mass is 32.1. The number of aromatic nitrogens is 2. The SMILES string of the molecule is CC(C)(C)CC(CC(=O)O)NC(=O)c1cnsn1. The summed E-state index contributed by atoms with van der Waals surface area (Å²) in [7, 11) is 0. The lowest BCUT2D eigenvalue weighted by Crippen LogP contribution is -2.39. The second-order valence-electron chi connectivity index (χ2n) is 5.33. The molecule has 0 spiro atoms. The van der Waals surface area contributed by atoms with E-state index in [4.69, 9.17) is 5.11 Å². The van der Waals surface area contributed by atoms with E-state index in [-0.39, 0.29) is 23.4 Å². The number of hydrogen-bond donors (Lipinski definition) is 2. The highest BCUT2D eigenvalue weighted by molar-refractivity contribution is 6.99. The summed E-state index contributed by atoms with van der Waals surface area (Å²) in [4.78, 5) is 22.6. The van der Waals surface area contributed by atoms with Crippen LogP contribution in [0.1, 0.15) is 44.1 Å². The molecule has 0 radical (unpaired) electrons. The first-order valence-electron chi connectivity index (χ1n) is 5.58. The summed E-state index contributed by atoms with van der Waals surface area (Å²) < 4.78 is 7.56. The molecule has 0 fully saturated rings. The number of nitrogens with zero attached hydrogens (tertiary/aromatic N) is 2. The van der Waals surface area contributed by atoms with Gasteiger partial charge in [0.15, 0.2) is 5.69 Å². The Morgan fingerprint density at radius 1 is 1.50 bits per heavy atom. The molecule has 2 N–H and O–H groups in total. The Labute approximate surface area is 110 Å². The van der Waals surface area contributed by atoms with Gasteiger partial charge >= 0.3 is 5.97 Å². The van der Waals surface area contributed by atoms with Gasteiger partial charge in [0, 0.05) is 6.04 Å². The van der Waals surface area contributed by atoms with Gasteiger partial charge in [-0.3, -0.25) is 9.59 Å². The number of nitrogens with one attached hydrogen (secondary N) is 1. The van der Waals surface area contributed by atoms with Gasteiger partial charge in [0.1, 0.15) is 0 Å². The predicted molar refractivity (Wildman–Crippen MR) is 67.5 cm³/mol. The van der Waals surface area contributed by atoms with Gasteiger partial charge in [-0.2, -0.15) is 8.75 Å². The van der Waals surface area contributed by atoms with Gasteiger partial charge in [-0.1, -0.05) is 20.8 Å². The van der Waals surface area contributed by atoms with Crippen LogP contribution in [0.15, 0.2) is 6.20 Å². The smallest absolute Gasteiger partial charge is 0.305 e. The normalized spacial score (nSPS) is 13.1. The second kappa shape index (κ2) is 5.90. The van der Waals surface area contributed by atoms with E-state index in [1.54, 1.807) is 0 Å². The Morgan fingerprint density at radius 2 is 2.17 bits per heavy atom. The summed E-state index contributed by atoms with van der Waals surface area (Å²) in [6.07, 6.45) is 1.86. The first-order valence-corrected chi connectivity index (χ1v) is 6.31.